The molecule has 2 N–H and O–H groups in total. The lowest BCUT2D eigenvalue weighted by Gasteiger charge is -2.28. The first-order valence-corrected chi connectivity index (χ1v) is 7.89. The van der Waals surface area contributed by atoms with E-state index in [1.54, 1.807) is 0 Å². The molecule has 1 aromatic rings. The average molecular weight is 292 g/mol. The van der Waals surface area contributed by atoms with Gasteiger partial charge in [0.2, 0.25) is 0 Å². The molecule has 0 saturated heterocycles. The fourth-order valence-corrected chi connectivity index (χ4v) is 2.41. The van der Waals surface area contributed by atoms with Crippen LogP contribution < -0.4 is 10.2 Å². The van der Waals surface area contributed by atoms with Gasteiger partial charge in [-0.15, -0.1) is 0 Å². The molecule has 1 aromatic heterocycles. The second-order valence-electron chi connectivity index (χ2n) is 6.77. The lowest BCUT2D eigenvalue weighted by Crippen LogP contribution is -2.32. The van der Waals surface area contributed by atoms with Crippen molar-refractivity contribution in [1.82, 2.24) is 9.97 Å². The molecule has 0 unspecified atom stereocenters. The molecule has 0 aliphatic heterocycles. The van der Waals surface area contributed by atoms with Gasteiger partial charge in [0.15, 0.2) is 0 Å². The molecule has 2 rings (SSSR count). The van der Waals surface area contributed by atoms with Gasteiger partial charge in [0, 0.05) is 30.1 Å². The summed E-state index contributed by atoms with van der Waals surface area (Å²) in [5, 5.41) is 12.7. The third-order valence-electron chi connectivity index (χ3n) is 3.74. The molecule has 1 aliphatic carbocycles. The summed E-state index contributed by atoms with van der Waals surface area (Å²) in [5.41, 5.74) is 0.978. The maximum Gasteiger partial charge on any atom is 0.138 e. The minimum Gasteiger partial charge on any atom is -0.395 e. The van der Waals surface area contributed by atoms with E-state index in [0.29, 0.717) is 12.6 Å². The van der Waals surface area contributed by atoms with Gasteiger partial charge >= 0.3 is 0 Å². The number of aliphatic hydroxyl groups is 1. The van der Waals surface area contributed by atoms with Crippen molar-refractivity contribution in [2.75, 3.05) is 29.9 Å². The van der Waals surface area contributed by atoms with Crippen LogP contribution in [0.3, 0.4) is 0 Å². The molecular weight excluding hydrogens is 264 g/mol. The summed E-state index contributed by atoms with van der Waals surface area (Å²) in [5.74, 6) is 2.74. The highest BCUT2D eigenvalue weighted by Gasteiger charge is 2.32. The smallest absolute Gasteiger partial charge is 0.138 e. The number of nitrogens with zero attached hydrogens (tertiary/aromatic N) is 3. The Morgan fingerprint density at radius 1 is 1.29 bits per heavy atom. The van der Waals surface area contributed by atoms with Crippen LogP contribution in [0.5, 0.6) is 0 Å². The molecule has 1 fully saturated rings. The van der Waals surface area contributed by atoms with Crippen molar-refractivity contribution in [3.05, 3.63) is 11.4 Å². The highest BCUT2D eigenvalue weighted by atomic mass is 16.3. The van der Waals surface area contributed by atoms with Crippen LogP contribution in [0, 0.1) is 6.92 Å². The number of anilines is 2. The fraction of sp³-hybridized carbons (Fsp3) is 0.750. The molecular formula is C16H28N4O. The Balaban J connectivity index is 2.48. The van der Waals surface area contributed by atoms with Crippen LogP contribution in [0.1, 0.15) is 51.9 Å². The Morgan fingerprint density at radius 3 is 2.43 bits per heavy atom. The van der Waals surface area contributed by atoms with E-state index in [2.05, 4.69) is 44.8 Å². The van der Waals surface area contributed by atoms with Gasteiger partial charge in [-0.3, -0.25) is 0 Å². The highest BCUT2D eigenvalue weighted by molar-refractivity contribution is 5.60. The van der Waals surface area contributed by atoms with Gasteiger partial charge in [-0.05, 0) is 26.7 Å². The number of nitrogens with one attached hydrogen (secondary N) is 1. The molecule has 5 heteroatoms. The van der Waals surface area contributed by atoms with Gasteiger partial charge < -0.3 is 15.3 Å². The van der Waals surface area contributed by atoms with E-state index in [9.17, 15) is 5.11 Å². The summed E-state index contributed by atoms with van der Waals surface area (Å²) in [6, 6.07) is 0.521. The second-order valence-corrected chi connectivity index (χ2v) is 6.77. The van der Waals surface area contributed by atoms with Gasteiger partial charge in [-0.25, -0.2) is 9.97 Å². The lowest BCUT2D eigenvalue weighted by atomic mass is 9.95. The molecule has 21 heavy (non-hydrogen) atoms. The molecule has 0 atom stereocenters. The minimum atomic E-state index is -0.0962. The van der Waals surface area contributed by atoms with Crippen LogP contribution in [0.4, 0.5) is 11.6 Å². The van der Waals surface area contributed by atoms with E-state index in [1.165, 1.54) is 12.8 Å². The Hall–Kier alpha value is -1.36. The average Bonchev–Trinajstić information content (AvgIpc) is 3.22. The van der Waals surface area contributed by atoms with E-state index in [1.807, 2.05) is 0 Å². The molecule has 118 valence electrons. The summed E-state index contributed by atoms with van der Waals surface area (Å²) >= 11 is 0. The SMILES string of the molecule is CCNc1nc(C(C)(C)C)nc(N(CCO)C2CC2)c1C. The van der Waals surface area contributed by atoms with Crippen LogP contribution in [-0.4, -0.2) is 40.8 Å². The number of hydrogen-bond acceptors (Lipinski definition) is 5. The third-order valence-corrected chi connectivity index (χ3v) is 3.74. The molecule has 0 radical (unpaired) electrons. The van der Waals surface area contributed by atoms with E-state index in [0.717, 1.165) is 29.6 Å². The lowest BCUT2D eigenvalue weighted by molar-refractivity contribution is 0.301. The molecule has 0 spiro atoms. The zero-order valence-electron chi connectivity index (χ0n) is 13.9. The van der Waals surface area contributed by atoms with E-state index < -0.39 is 0 Å². The number of aliphatic hydroxyl groups excluding tert-OH is 1. The van der Waals surface area contributed by atoms with Gasteiger partial charge in [0.1, 0.15) is 17.5 Å². The van der Waals surface area contributed by atoms with Crippen LogP contribution in [0.15, 0.2) is 0 Å². The van der Waals surface area contributed by atoms with Crippen molar-refractivity contribution in [3.63, 3.8) is 0 Å². The Kier molecular flexibility index (Phi) is 4.71. The van der Waals surface area contributed by atoms with Crippen LogP contribution in [-0.2, 0) is 5.41 Å². The van der Waals surface area contributed by atoms with E-state index in [4.69, 9.17) is 9.97 Å². The summed E-state index contributed by atoms with van der Waals surface area (Å²) < 4.78 is 0. The normalized spacial score (nSPS) is 15.1. The summed E-state index contributed by atoms with van der Waals surface area (Å²) in [6.45, 7) is 12.2. The molecule has 1 saturated carbocycles. The Bertz CT molecular complexity index is 492. The quantitative estimate of drug-likeness (QED) is 0.843. The summed E-state index contributed by atoms with van der Waals surface area (Å²) in [4.78, 5) is 11.8. The molecule has 5 nitrogen and oxygen atoms in total. The molecule has 0 bridgehead atoms. The monoisotopic (exact) mass is 292 g/mol. The maximum absolute atomic E-state index is 9.37. The van der Waals surface area contributed by atoms with Crippen LogP contribution in [0.25, 0.3) is 0 Å². The standard InChI is InChI=1S/C16H28N4O/c1-6-17-13-11(2)14(19-15(18-13)16(3,4)5)20(9-10-21)12-7-8-12/h12,21H,6-10H2,1-5H3,(H,17,18,19). The topological polar surface area (TPSA) is 61.3 Å². The van der Waals surface area contributed by atoms with E-state index >= 15 is 0 Å². The van der Waals surface area contributed by atoms with E-state index in [-0.39, 0.29) is 12.0 Å². The predicted octanol–water partition coefficient (Wildman–Crippen LogP) is 2.48. The van der Waals surface area contributed by atoms with Crippen LogP contribution in [0.2, 0.25) is 0 Å². The number of aromatic nitrogens is 2. The van der Waals surface area contributed by atoms with Crippen molar-refractivity contribution < 1.29 is 5.11 Å². The largest absolute Gasteiger partial charge is 0.395 e. The molecule has 1 aliphatic rings. The Labute approximate surface area is 127 Å². The van der Waals surface area contributed by atoms with Gasteiger partial charge in [-0.1, -0.05) is 20.8 Å². The zero-order valence-corrected chi connectivity index (χ0v) is 13.9. The first-order chi connectivity index (χ1) is 9.88. The van der Waals surface area contributed by atoms with Crippen LogP contribution >= 0.6 is 0 Å². The van der Waals surface area contributed by atoms with Gasteiger partial charge in [-0.2, -0.15) is 0 Å². The van der Waals surface area contributed by atoms with Gasteiger partial charge in [0.25, 0.3) is 0 Å². The fourth-order valence-electron chi connectivity index (χ4n) is 2.41. The zero-order chi connectivity index (χ0) is 15.6. The van der Waals surface area contributed by atoms with Gasteiger partial charge in [0.05, 0.1) is 6.61 Å². The third kappa shape index (κ3) is 3.64. The summed E-state index contributed by atoms with van der Waals surface area (Å²) in [6.07, 6.45) is 2.37. The van der Waals surface area contributed by atoms with Crippen molar-refractivity contribution in [2.24, 2.45) is 0 Å². The van der Waals surface area contributed by atoms with Crippen molar-refractivity contribution in [3.8, 4) is 0 Å². The number of hydrogen-bond donors (Lipinski definition) is 2. The molecule has 0 amide bonds. The van der Waals surface area contributed by atoms with Crippen molar-refractivity contribution in [1.29, 1.82) is 0 Å². The molecule has 1 heterocycles. The summed E-state index contributed by atoms with van der Waals surface area (Å²) in [7, 11) is 0. The first-order valence-electron chi connectivity index (χ1n) is 7.89. The maximum atomic E-state index is 9.37. The highest BCUT2D eigenvalue weighted by Crippen LogP contribution is 2.35. The molecule has 0 aromatic carbocycles. The van der Waals surface area contributed by atoms with Crippen molar-refractivity contribution >= 4 is 11.6 Å². The van der Waals surface area contributed by atoms with Crippen molar-refractivity contribution in [2.45, 2.75) is 58.9 Å². The first kappa shape index (κ1) is 16.0. The predicted molar refractivity (Wildman–Crippen MR) is 87.1 cm³/mol. The Morgan fingerprint density at radius 2 is 1.95 bits per heavy atom. The minimum absolute atomic E-state index is 0.0962. The number of rotatable bonds is 6. The second kappa shape index (κ2) is 6.18.